The van der Waals surface area contributed by atoms with Gasteiger partial charge in [0, 0.05) is 42.4 Å². The molecule has 0 radical (unpaired) electrons. The van der Waals surface area contributed by atoms with Gasteiger partial charge in [0.1, 0.15) is 23.3 Å². The van der Waals surface area contributed by atoms with Crippen LogP contribution in [0.3, 0.4) is 0 Å². The van der Waals surface area contributed by atoms with Gasteiger partial charge < -0.3 is 18.9 Å². The minimum Gasteiger partial charge on any atom is -0.489 e. The highest BCUT2D eigenvalue weighted by Crippen LogP contribution is 2.26. The number of hydrogen-bond donors (Lipinski definition) is 0. The Morgan fingerprint density at radius 2 is 1.90 bits per heavy atom. The van der Waals surface area contributed by atoms with Gasteiger partial charge in [-0.2, -0.15) is 0 Å². The molecule has 2 aromatic heterocycles. The van der Waals surface area contributed by atoms with Crippen LogP contribution in [0.25, 0.3) is 16.7 Å². The predicted octanol–water partition coefficient (Wildman–Crippen LogP) is 5.53. The Bertz CT molecular complexity index is 1050. The number of rotatable bonds is 4. The smallest absolute Gasteiger partial charge is 0.410 e. The fraction of sp³-hybridized carbons (Fsp3) is 0.417. The molecule has 6 nitrogen and oxygen atoms in total. The molecule has 0 N–H and O–H groups in total. The maximum atomic E-state index is 12.2. The number of aromatic nitrogens is 2. The van der Waals surface area contributed by atoms with Crippen molar-refractivity contribution in [2.45, 2.75) is 50.2 Å². The summed E-state index contributed by atoms with van der Waals surface area (Å²) in [4.78, 5) is 19.8. The van der Waals surface area contributed by atoms with Crippen LogP contribution in [-0.2, 0) is 4.74 Å². The first-order chi connectivity index (χ1) is 14.8. The van der Waals surface area contributed by atoms with Crippen LogP contribution in [0.15, 0.2) is 53.7 Å². The first-order valence-electron chi connectivity index (χ1n) is 10.6. The molecule has 0 saturated carbocycles. The van der Waals surface area contributed by atoms with E-state index in [2.05, 4.69) is 40.1 Å². The van der Waals surface area contributed by atoms with Crippen LogP contribution in [0, 0.1) is 0 Å². The molecule has 0 aliphatic carbocycles. The molecular formula is C24H29N3O3S. The predicted molar refractivity (Wildman–Crippen MR) is 124 cm³/mol. The van der Waals surface area contributed by atoms with Crippen LogP contribution in [0.4, 0.5) is 4.79 Å². The van der Waals surface area contributed by atoms with Gasteiger partial charge in [-0.25, -0.2) is 9.78 Å². The number of amides is 1. The number of carbonyl (C=O) groups excluding carboxylic acids is 1. The second-order valence-electron chi connectivity index (χ2n) is 8.75. The fourth-order valence-electron chi connectivity index (χ4n) is 3.71. The lowest BCUT2D eigenvalue weighted by atomic mass is 10.1. The third-order valence-corrected chi connectivity index (χ3v) is 5.99. The number of nitrogens with zero attached hydrogens (tertiary/aromatic N) is 3. The molecule has 3 heterocycles. The van der Waals surface area contributed by atoms with Crippen molar-refractivity contribution in [3.63, 3.8) is 0 Å². The summed E-state index contributed by atoms with van der Waals surface area (Å²) in [7, 11) is 0. The van der Waals surface area contributed by atoms with Crippen molar-refractivity contribution < 1.29 is 14.3 Å². The van der Waals surface area contributed by atoms with E-state index in [9.17, 15) is 4.79 Å². The Labute approximate surface area is 187 Å². The summed E-state index contributed by atoms with van der Waals surface area (Å²) in [5.41, 5.74) is 0.661. The summed E-state index contributed by atoms with van der Waals surface area (Å²) in [6.45, 7) is 6.93. The molecule has 4 rings (SSSR count). The number of likely N-dealkylation sites (tertiary alicyclic amines) is 1. The third kappa shape index (κ3) is 5.15. The zero-order chi connectivity index (χ0) is 22.0. The summed E-state index contributed by atoms with van der Waals surface area (Å²) < 4.78 is 13.7. The Morgan fingerprint density at radius 1 is 1.13 bits per heavy atom. The van der Waals surface area contributed by atoms with Crippen molar-refractivity contribution in [1.29, 1.82) is 0 Å². The second kappa shape index (κ2) is 8.83. The van der Waals surface area contributed by atoms with E-state index >= 15 is 0 Å². The van der Waals surface area contributed by atoms with Gasteiger partial charge in [0.2, 0.25) is 0 Å². The zero-order valence-electron chi connectivity index (χ0n) is 18.5. The van der Waals surface area contributed by atoms with E-state index < -0.39 is 5.60 Å². The third-order valence-electron chi connectivity index (χ3n) is 5.26. The molecule has 1 amide bonds. The van der Waals surface area contributed by atoms with Gasteiger partial charge in [0.15, 0.2) is 0 Å². The van der Waals surface area contributed by atoms with E-state index in [1.807, 2.05) is 39.1 Å². The van der Waals surface area contributed by atoms with Crippen molar-refractivity contribution in [3.8, 4) is 11.6 Å². The molecular weight excluding hydrogens is 410 g/mol. The van der Waals surface area contributed by atoms with Crippen molar-refractivity contribution >= 4 is 28.8 Å². The maximum Gasteiger partial charge on any atom is 0.410 e. The van der Waals surface area contributed by atoms with Crippen LogP contribution in [0.2, 0.25) is 0 Å². The van der Waals surface area contributed by atoms with Crippen LogP contribution < -0.4 is 4.74 Å². The van der Waals surface area contributed by atoms with Crippen molar-refractivity contribution in [3.05, 3.63) is 48.8 Å². The highest BCUT2D eigenvalue weighted by atomic mass is 32.2. The van der Waals surface area contributed by atoms with Crippen LogP contribution in [0.5, 0.6) is 5.75 Å². The number of fused-ring (bicyclic) bond motifs is 1. The number of carbonyl (C=O) groups is 1. The first kappa shape index (κ1) is 21.6. The van der Waals surface area contributed by atoms with E-state index in [0.29, 0.717) is 13.1 Å². The summed E-state index contributed by atoms with van der Waals surface area (Å²) in [6.07, 6.45) is 7.29. The Kier molecular flexibility index (Phi) is 6.14. The molecule has 1 saturated heterocycles. The van der Waals surface area contributed by atoms with E-state index in [0.717, 1.165) is 29.9 Å². The number of pyridine rings is 1. The van der Waals surface area contributed by atoms with Crippen LogP contribution in [0.1, 0.15) is 33.6 Å². The Hall–Kier alpha value is -2.67. The molecule has 3 aromatic rings. The summed E-state index contributed by atoms with van der Waals surface area (Å²) in [5, 5.41) is 1.20. The SMILES string of the molecule is CSc1ccc2c(ccn2-c2ccc(OC3CCN(C(=O)OC(C)(C)C)CC3)cn2)c1. The van der Waals surface area contributed by atoms with Crippen molar-refractivity contribution in [2.24, 2.45) is 0 Å². The summed E-state index contributed by atoms with van der Waals surface area (Å²) in [6, 6.07) is 12.5. The average molecular weight is 440 g/mol. The van der Waals surface area contributed by atoms with Gasteiger partial charge in [0.25, 0.3) is 0 Å². The van der Waals surface area contributed by atoms with Crippen LogP contribution >= 0.6 is 11.8 Å². The average Bonchev–Trinajstić information content (AvgIpc) is 3.16. The molecule has 7 heteroatoms. The second-order valence-corrected chi connectivity index (χ2v) is 9.63. The Balaban J connectivity index is 1.36. The Morgan fingerprint density at radius 3 is 2.55 bits per heavy atom. The molecule has 1 fully saturated rings. The highest BCUT2D eigenvalue weighted by molar-refractivity contribution is 7.98. The standard InChI is InChI=1S/C24H29N3O3S/c1-24(2,3)30-23(28)26-12-10-18(11-13-26)29-19-5-8-22(25-16-19)27-14-9-17-15-20(31-4)6-7-21(17)27/h5-9,14-16,18H,10-13H2,1-4H3. The molecule has 164 valence electrons. The van der Waals surface area contributed by atoms with E-state index in [1.54, 1.807) is 22.9 Å². The van der Waals surface area contributed by atoms with E-state index in [1.165, 1.54) is 10.3 Å². The zero-order valence-corrected chi connectivity index (χ0v) is 19.3. The topological polar surface area (TPSA) is 56.6 Å². The number of piperidine rings is 1. The number of benzene rings is 1. The molecule has 0 unspecified atom stereocenters. The first-order valence-corrected chi connectivity index (χ1v) is 11.8. The molecule has 0 spiro atoms. The molecule has 0 bridgehead atoms. The molecule has 31 heavy (non-hydrogen) atoms. The number of thioether (sulfide) groups is 1. The van der Waals surface area contributed by atoms with Gasteiger partial charge in [-0.05, 0) is 63.4 Å². The maximum absolute atomic E-state index is 12.2. The monoisotopic (exact) mass is 439 g/mol. The molecule has 1 aromatic carbocycles. The number of hydrogen-bond acceptors (Lipinski definition) is 5. The summed E-state index contributed by atoms with van der Waals surface area (Å²) in [5.74, 6) is 1.61. The van der Waals surface area contributed by atoms with Gasteiger partial charge in [-0.3, -0.25) is 0 Å². The lowest BCUT2D eigenvalue weighted by Crippen LogP contribution is -2.44. The molecule has 1 aliphatic rings. The highest BCUT2D eigenvalue weighted by Gasteiger charge is 2.27. The van der Waals surface area contributed by atoms with E-state index in [-0.39, 0.29) is 12.2 Å². The van der Waals surface area contributed by atoms with E-state index in [4.69, 9.17) is 9.47 Å². The van der Waals surface area contributed by atoms with Crippen molar-refractivity contribution in [1.82, 2.24) is 14.5 Å². The quantitative estimate of drug-likeness (QED) is 0.501. The van der Waals surface area contributed by atoms with Crippen molar-refractivity contribution in [2.75, 3.05) is 19.3 Å². The van der Waals surface area contributed by atoms with Gasteiger partial charge >= 0.3 is 6.09 Å². The normalized spacial score (nSPS) is 15.3. The van der Waals surface area contributed by atoms with Gasteiger partial charge in [-0.15, -0.1) is 11.8 Å². The van der Waals surface area contributed by atoms with Gasteiger partial charge in [-0.1, -0.05) is 0 Å². The minimum atomic E-state index is -0.472. The van der Waals surface area contributed by atoms with Gasteiger partial charge in [0.05, 0.1) is 11.7 Å². The molecule has 0 atom stereocenters. The molecule has 1 aliphatic heterocycles. The minimum absolute atomic E-state index is 0.0729. The lowest BCUT2D eigenvalue weighted by molar-refractivity contribution is 0.0126. The summed E-state index contributed by atoms with van der Waals surface area (Å²) >= 11 is 1.74. The van der Waals surface area contributed by atoms with Crippen LogP contribution in [-0.4, -0.2) is 51.6 Å². The number of ether oxygens (including phenoxy) is 2. The fourth-order valence-corrected chi connectivity index (χ4v) is 4.16. The lowest BCUT2D eigenvalue weighted by Gasteiger charge is -2.33. The largest absolute Gasteiger partial charge is 0.489 e.